The lowest BCUT2D eigenvalue weighted by Crippen LogP contribution is -2.39. The molecular weight excluding hydrogens is 547 g/mol. The number of methoxy groups -OCH3 is 1. The van der Waals surface area contributed by atoms with Crippen LogP contribution in [0.15, 0.2) is 77.7 Å². The van der Waals surface area contributed by atoms with Gasteiger partial charge in [0.15, 0.2) is 0 Å². The Morgan fingerprint density at radius 1 is 1.00 bits per heavy atom. The van der Waals surface area contributed by atoms with Gasteiger partial charge in [-0.2, -0.15) is 13.2 Å². The summed E-state index contributed by atoms with van der Waals surface area (Å²) in [5.41, 5.74) is -1.53. The molecule has 3 aromatic rings. The highest BCUT2D eigenvalue weighted by Gasteiger charge is 2.34. The number of nitrogens with one attached hydrogen (secondary N) is 2. The average Bonchev–Trinajstić information content (AvgIpc) is 2.88. The Bertz CT molecular complexity index is 1400. The molecule has 0 unspecified atom stereocenters. The summed E-state index contributed by atoms with van der Waals surface area (Å²) in [6, 6.07) is 15.0. The van der Waals surface area contributed by atoms with Gasteiger partial charge in [-0.25, -0.2) is 8.42 Å². The number of nitrogens with zero attached hydrogens (tertiary/aromatic N) is 1. The molecule has 0 bridgehead atoms. The maximum atomic E-state index is 13.5. The monoisotopic (exact) mass is 569 g/mol. The molecule has 0 heterocycles. The summed E-state index contributed by atoms with van der Waals surface area (Å²) in [7, 11) is -3.08. The SMILES string of the molecule is COCCNC(=O)c1ccccc1NC(=O)CN(c1cc(C(F)(F)F)ccc1Cl)S(=O)(=O)c1ccccc1. The molecule has 38 heavy (non-hydrogen) atoms. The van der Waals surface area contributed by atoms with Crippen LogP contribution in [0.3, 0.4) is 0 Å². The number of benzene rings is 3. The maximum absolute atomic E-state index is 13.5. The molecule has 3 aromatic carbocycles. The highest BCUT2D eigenvalue weighted by molar-refractivity contribution is 7.92. The number of hydrogen-bond acceptors (Lipinski definition) is 5. The number of ether oxygens (including phenoxy) is 1. The van der Waals surface area contributed by atoms with Crippen LogP contribution in [0.4, 0.5) is 24.5 Å². The number of anilines is 2. The normalized spacial score (nSPS) is 11.6. The van der Waals surface area contributed by atoms with E-state index in [1.807, 2.05) is 0 Å². The molecule has 0 radical (unpaired) electrons. The number of carbonyl (C=O) groups excluding carboxylic acids is 2. The van der Waals surface area contributed by atoms with Gasteiger partial charge >= 0.3 is 6.18 Å². The standard InChI is InChI=1S/C25H23ClF3N3O5S/c1-37-14-13-30-24(34)19-9-5-6-10-21(19)31-23(33)16-32(38(35,36)18-7-3-2-4-8-18)22-15-17(25(27,28)29)11-12-20(22)26/h2-12,15H,13-14,16H2,1H3,(H,30,34)(H,31,33). The van der Waals surface area contributed by atoms with Gasteiger partial charge in [0.05, 0.1) is 39.0 Å². The second-order valence-electron chi connectivity index (χ2n) is 7.83. The fourth-order valence-corrected chi connectivity index (χ4v) is 5.09. The molecule has 2 amide bonds. The molecule has 202 valence electrons. The van der Waals surface area contributed by atoms with Crippen molar-refractivity contribution in [1.82, 2.24) is 5.32 Å². The predicted octanol–water partition coefficient (Wildman–Crippen LogP) is 4.57. The third-order valence-electron chi connectivity index (χ3n) is 5.20. The summed E-state index contributed by atoms with van der Waals surface area (Å²) in [6.07, 6.45) is -4.79. The Kier molecular flexibility index (Phi) is 9.36. The van der Waals surface area contributed by atoms with Crippen LogP contribution in [0.25, 0.3) is 0 Å². The van der Waals surface area contributed by atoms with E-state index in [-0.39, 0.29) is 34.3 Å². The highest BCUT2D eigenvalue weighted by Crippen LogP contribution is 2.37. The van der Waals surface area contributed by atoms with Crippen LogP contribution < -0.4 is 14.9 Å². The molecule has 0 saturated carbocycles. The van der Waals surface area contributed by atoms with Crippen molar-refractivity contribution in [2.45, 2.75) is 11.1 Å². The van der Waals surface area contributed by atoms with Gasteiger partial charge in [0.1, 0.15) is 6.54 Å². The van der Waals surface area contributed by atoms with Crippen LogP contribution in [-0.4, -0.2) is 47.0 Å². The molecule has 13 heteroatoms. The second-order valence-corrected chi connectivity index (χ2v) is 10.1. The zero-order chi connectivity index (χ0) is 27.9. The Morgan fingerprint density at radius 3 is 2.32 bits per heavy atom. The van der Waals surface area contributed by atoms with E-state index in [1.165, 1.54) is 43.5 Å². The second kappa shape index (κ2) is 12.3. The van der Waals surface area contributed by atoms with Crippen molar-refractivity contribution in [2.75, 3.05) is 36.4 Å². The van der Waals surface area contributed by atoms with E-state index in [9.17, 15) is 31.2 Å². The Hall–Kier alpha value is -3.61. The van der Waals surface area contributed by atoms with Crippen molar-refractivity contribution in [1.29, 1.82) is 0 Å². The molecule has 0 fully saturated rings. The third-order valence-corrected chi connectivity index (χ3v) is 7.29. The summed E-state index contributed by atoms with van der Waals surface area (Å²) >= 11 is 6.14. The minimum atomic E-state index is -4.79. The molecule has 0 saturated heterocycles. The molecule has 2 N–H and O–H groups in total. The Balaban J connectivity index is 1.99. The molecule has 0 aromatic heterocycles. The quantitative estimate of drug-likeness (QED) is 0.348. The van der Waals surface area contributed by atoms with Gasteiger partial charge in [0.2, 0.25) is 5.91 Å². The summed E-state index contributed by atoms with van der Waals surface area (Å²) in [5, 5.41) is 4.76. The predicted molar refractivity (Wildman–Crippen MR) is 137 cm³/mol. The largest absolute Gasteiger partial charge is 0.416 e. The lowest BCUT2D eigenvalue weighted by atomic mass is 10.1. The molecule has 0 aliphatic heterocycles. The zero-order valence-electron chi connectivity index (χ0n) is 20.0. The van der Waals surface area contributed by atoms with E-state index < -0.39 is 45.8 Å². The van der Waals surface area contributed by atoms with Gasteiger partial charge < -0.3 is 15.4 Å². The average molecular weight is 570 g/mol. The van der Waals surface area contributed by atoms with Crippen LogP contribution in [0.5, 0.6) is 0 Å². The molecule has 8 nitrogen and oxygen atoms in total. The lowest BCUT2D eigenvalue weighted by molar-refractivity contribution is -0.137. The number of rotatable bonds is 10. The lowest BCUT2D eigenvalue weighted by Gasteiger charge is -2.26. The van der Waals surface area contributed by atoms with Crippen molar-refractivity contribution < 1.29 is 35.9 Å². The van der Waals surface area contributed by atoms with E-state index in [4.69, 9.17) is 16.3 Å². The number of amides is 2. The summed E-state index contributed by atoms with van der Waals surface area (Å²) in [6.45, 7) is -0.475. The van der Waals surface area contributed by atoms with Gasteiger partial charge in [-0.05, 0) is 42.5 Å². The first kappa shape index (κ1) is 29.0. The van der Waals surface area contributed by atoms with Gasteiger partial charge in [-0.15, -0.1) is 0 Å². The summed E-state index contributed by atoms with van der Waals surface area (Å²) in [5.74, 6) is -1.44. The number of hydrogen-bond donors (Lipinski definition) is 2. The van der Waals surface area contributed by atoms with E-state index >= 15 is 0 Å². The topological polar surface area (TPSA) is 105 Å². The van der Waals surface area contributed by atoms with Crippen LogP contribution in [0, 0.1) is 0 Å². The number of halogens is 4. The van der Waals surface area contributed by atoms with Crippen LogP contribution in [-0.2, 0) is 25.7 Å². The first-order valence-electron chi connectivity index (χ1n) is 11.1. The zero-order valence-corrected chi connectivity index (χ0v) is 21.5. The van der Waals surface area contributed by atoms with Gasteiger partial charge in [-0.3, -0.25) is 13.9 Å². The number of alkyl halides is 3. The minimum absolute atomic E-state index is 0.0691. The molecule has 0 aliphatic rings. The van der Waals surface area contributed by atoms with E-state index in [1.54, 1.807) is 18.2 Å². The van der Waals surface area contributed by atoms with Gasteiger partial charge in [0.25, 0.3) is 15.9 Å². The van der Waals surface area contributed by atoms with Crippen molar-refractivity contribution in [3.63, 3.8) is 0 Å². The van der Waals surface area contributed by atoms with Crippen molar-refractivity contribution in [2.24, 2.45) is 0 Å². The third kappa shape index (κ3) is 7.03. The fourth-order valence-electron chi connectivity index (χ4n) is 3.37. The minimum Gasteiger partial charge on any atom is -0.383 e. The number of sulfonamides is 1. The van der Waals surface area contributed by atoms with E-state index in [0.29, 0.717) is 16.4 Å². The smallest absolute Gasteiger partial charge is 0.383 e. The molecule has 3 rings (SSSR count). The van der Waals surface area contributed by atoms with Crippen molar-refractivity contribution >= 4 is 44.8 Å². The molecular formula is C25H23ClF3N3O5S. The fraction of sp³-hybridized carbons (Fsp3) is 0.200. The molecule has 0 aliphatic carbocycles. The Labute approximate surface area is 222 Å². The van der Waals surface area contributed by atoms with Crippen LogP contribution in [0.2, 0.25) is 5.02 Å². The highest BCUT2D eigenvalue weighted by atomic mass is 35.5. The molecule has 0 atom stereocenters. The van der Waals surface area contributed by atoms with Gasteiger partial charge in [-0.1, -0.05) is 41.9 Å². The number of para-hydroxylation sites is 1. The van der Waals surface area contributed by atoms with Crippen LogP contribution in [0.1, 0.15) is 15.9 Å². The van der Waals surface area contributed by atoms with Gasteiger partial charge in [0, 0.05) is 13.7 Å². The van der Waals surface area contributed by atoms with Crippen molar-refractivity contribution in [3.05, 3.63) is 88.9 Å². The Morgan fingerprint density at radius 2 is 1.66 bits per heavy atom. The van der Waals surface area contributed by atoms with Crippen molar-refractivity contribution in [3.8, 4) is 0 Å². The van der Waals surface area contributed by atoms with E-state index in [2.05, 4.69) is 10.6 Å². The first-order chi connectivity index (χ1) is 17.9. The number of carbonyl (C=O) groups is 2. The summed E-state index contributed by atoms with van der Waals surface area (Å²) in [4.78, 5) is 25.3. The summed E-state index contributed by atoms with van der Waals surface area (Å²) < 4.78 is 72.6. The first-order valence-corrected chi connectivity index (χ1v) is 12.9. The maximum Gasteiger partial charge on any atom is 0.416 e. The van der Waals surface area contributed by atoms with E-state index in [0.717, 1.165) is 6.07 Å². The van der Waals surface area contributed by atoms with Crippen LogP contribution >= 0.6 is 11.6 Å². The molecule has 0 spiro atoms.